The van der Waals surface area contributed by atoms with E-state index >= 15 is 0 Å². The number of nitrogens with one attached hydrogen (secondary N) is 2. The number of rotatable bonds is 5. The summed E-state index contributed by atoms with van der Waals surface area (Å²) < 4.78 is 0. The lowest BCUT2D eigenvalue weighted by molar-refractivity contribution is -0.118. The van der Waals surface area contributed by atoms with Gasteiger partial charge in [-0.25, -0.2) is 4.98 Å². The largest absolute Gasteiger partial charge is 0.396 e. The zero-order chi connectivity index (χ0) is 14.5. The van der Waals surface area contributed by atoms with Gasteiger partial charge in [0.1, 0.15) is 5.82 Å². The Balaban J connectivity index is 1.96. The maximum absolute atomic E-state index is 10.8. The van der Waals surface area contributed by atoms with Gasteiger partial charge in [-0.15, -0.1) is 0 Å². The number of hydrogen-bond acceptors (Lipinski definition) is 6. The number of aromatic nitrogens is 1. The molecule has 0 bridgehead atoms. The molecule has 0 spiro atoms. The summed E-state index contributed by atoms with van der Waals surface area (Å²) in [6.07, 6.45) is 0.983. The van der Waals surface area contributed by atoms with Crippen molar-refractivity contribution >= 4 is 23.2 Å². The van der Waals surface area contributed by atoms with Crippen LogP contribution in [0.4, 0.5) is 17.3 Å². The Hall–Kier alpha value is -2.02. The van der Waals surface area contributed by atoms with Gasteiger partial charge in [-0.3, -0.25) is 4.79 Å². The van der Waals surface area contributed by atoms with Gasteiger partial charge in [0.2, 0.25) is 5.91 Å². The standard InChI is InChI=1S/C13H22N6O/c1-9(20)16-5-6-17-13-11(15)2-3-12(18-13)19-7-4-10(14)8-19/h2-3,10H,4-8,14-15H2,1H3,(H,16,20)(H,17,18). The highest BCUT2D eigenvalue weighted by Crippen LogP contribution is 2.23. The molecule has 7 heteroatoms. The Morgan fingerprint density at radius 2 is 2.30 bits per heavy atom. The smallest absolute Gasteiger partial charge is 0.216 e. The molecule has 20 heavy (non-hydrogen) atoms. The molecule has 0 saturated carbocycles. The summed E-state index contributed by atoms with van der Waals surface area (Å²) in [5.74, 6) is 1.48. The highest BCUT2D eigenvalue weighted by molar-refractivity contribution is 5.72. The van der Waals surface area contributed by atoms with Gasteiger partial charge in [-0.2, -0.15) is 0 Å². The lowest BCUT2D eigenvalue weighted by Gasteiger charge is -2.18. The van der Waals surface area contributed by atoms with Crippen molar-refractivity contribution in [1.82, 2.24) is 10.3 Å². The van der Waals surface area contributed by atoms with Crippen molar-refractivity contribution < 1.29 is 4.79 Å². The molecule has 1 fully saturated rings. The first-order valence-corrected chi connectivity index (χ1v) is 6.81. The van der Waals surface area contributed by atoms with Gasteiger partial charge in [-0.05, 0) is 18.6 Å². The average Bonchev–Trinajstić information content (AvgIpc) is 2.83. The molecule has 1 unspecified atom stereocenters. The van der Waals surface area contributed by atoms with Crippen LogP contribution in [0.3, 0.4) is 0 Å². The van der Waals surface area contributed by atoms with Crippen LogP contribution in [0.1, 0.15) is 13.3 Å². The van der Waals surface area contributed by atoms with Crippen LogP contribution in [0, 0.1) is 0 Å². The molecule has 0 radical (unpaired) electrons. The number of amides is 1. The van der Waals surface area contributed by atoms with Gasteiger partial charge < -0.3 is 27.0 Å². The van der Waals surface area contributed by atoms with Crippen molar-refractivity contribution in [3.63, 3.8) is 0 Å². The van der Waals surface area contributed by atoms with Gasteiger partial charge in [0.25, 0.3) is 0 Å². The number of hydrogen-bond donors (Lipinski definition) is 4. The number of carbonyl (C=O) groups excluding carboxylic acids is 1. The molecule has 1 aliphatic heterocycles. The molecule has 7 nitrogen and oxygen atoms in total. The van der Waals surface area contributed by atoms with E-state index in [0.717, 1.165) is 25.3 Å². The van der Waals surface area contributed by atoms with E-state index in [4.69, 9.17) is 11.5 Å². The Bertz CT molecular complexity index is 478. The number of carbonyl (C=O) groups is 1. The molecule has 1 aromatic heterocycles. The van der Waals surface area contributed by atoms with E-state index < -0.39 is 0 Å². The lowest BCUT2D eigenvalue weighted by atomic mass is 10.3. The summed E-state index contributed by atoms with van der Waals surface area (Å²) in [6.45, 7) is 4.35. The highest BCUT2D eigenvalue weighted by atomic mass is 16.1. The van der Waals surface area contributed by atoms with Crippen molar-refractivity contribution in [2.45, 2.75) is 19.4 Å². The fourth-order valence-corrected chi connectivity index (χ4v) is 2.19. The van der Waals surface area contributed by atoms with E-state index in [1.807, 2.05) is 12.1 Å². The van der Waals surface area contributed by atoms with Crippen molar-refractivity contribution in [2.24, 2.45) is 5.73 Å². The SMILES string of the molecule is CC(=O)NCCNc1nc(N2CCC(N)C2)ccc1N. The molecule has 1 atom stereocenters. The van der Waals surface area contributed by atoms with Crippen LogP contribution in [0.15, 0.2) is 12.1 Å². The quantitative estimate of drug-likeness (QED) is 0.553. The monoisotopic (exact) mass is 278 g/mol. The average molecular weight is 278 g/mol. The van der Waals surface area contributed by atoms with Gasteiger partial charge in [0.05, 0.1) is 5.69 Å². The van der Waals surface area contributed by atoms with E-state index in [1.54, 1.807) is 0 Å². The molecule has 2 heterocycles. The van der Waals surface area contributed by atoms with E-state index in [0.29, 0.717) is 24.6 Å². The lowest BCUT2D eigenvalue weighted by Crippen LogP contribution is -2.28. The van der Waals surface area contributed by atoms with E-state index in [-0.39, 0.29) is 11.9 Å². The third-order valence-corrected chi connectivity index (χ3v) is 3.25. The summed E-state index contributed by atoms with van der Waals surface area (Å²) in [5, 5.41) is 5.85. The molecular weight excluding hydrogens is 256 g/mol. The van der Waals surface area contributed by atoms with Crippen LogP contribution in [-0.2, 0) is 4.79 Å². The topological polar surface area (TPSA) is 109 Å². The van der Waals surface area contributed by atoms with Gasteiger partial charge in [0.15, 0.2) is 5.82 Å². The molecule has 2 rings (SSSR count). The number of nitrogens with zero attached hydrogens (tertiary/aromatic N) is 2. The second kappa shape index (κ2) is 6.42. The predicted octanol–water partition coefficient (Wildman–Crippen LogP) is -0.251. The van der Waals surface area contributed by atoms with Crippen LogP contribution >= 0.6 is 0 Å². The summed E-state index contributed by atoms with van der Waals surface area (Å²) in [5.41, 5.74) is 12.4. The molecule has 1 amide bonds. The summed E-state index contributed by atoms with van der Waals surface area (Å²) >= 11 is 0. The van der Waals surface area contributed by atoms with Crippen molar-refractivity contribution in [3.8, 4) is 0 Å². The van der Waals surface area contributed by atoms with Gasteiger partial charge in [0, 0.05) is 39.1 Å². The summed E-state index contributed by atoms with van der Waals surface area (Å²) in [6, 6.07) is 3.96. The minimum atomic E-state index is -0.0486. The molecule has 6 N–H and O–H groups in total. The maximum atomic E-state index is 10.8. The van der Waals surface area contributed by atoms with E-state index in [9.17, 15) is 4.79 Å². The van der Waals surface area contributed by atoms with Crippen molar-refractivity contribution in [3.05, 3.63) is 12.1 Å². The summed E-state index contributed by atoms with van der Waals surface area (Å²) in [4.78, 5) is 17.5. The fraction of sp³-hybridized carbons (Fsp3) is 0.538. The third-order valence-electron chi connectivity index (χ3n) is 3.25. The number of nitrogen functional groups attached to an aromatic ring is 1. The van der Waals surface area contributed by atoms with Crippen LogP contribution in [0.25, 0.3) is 0 Å². The van der Waals surface area contributed by atoms with Crippen LogP contribution < -0.4 is 27.0 Å². The van der Waals surface area contributed by atoms with Crippen LogP contribution in [-0.4, -0.2) is 43.1 Å². The predicted molar refractivity (Wildman–Crippen MR) is 80.6 cm³/mol. The highest BCUT2D eigenvalue weighted by Gasteiger charge is 2.20. The third kappa shape index (κ3) is 3.74. The van der Waals surface area contributed by atoms with E-state index in [2.05, 4.69) is 20.5 Å². The fourth-order valence-electron chi connectivity index (χ4n) is 2.19. The normalized spacial score (nSPS) is 18.1. The minimum absolute atomic E-state index is 0.0486. The van der Waals surface area contributed by atoms with Crippen molar-refractivity contribution in [1.29, 1.82) is 0 Å². The van der Waals surface area contributed by atoms with Crippen LogP contribution in [0.5, 0.6) is 0 Å². The zero-order valence-corrected chi connectivity index (χ0v) is 11.7. The molecule has 0 aliphatic carbocycles. The Labute approximate surface area is 118 Å². The molecule has 0 aromatic carbocycles. The van der Waals surface area contributed by atoms with Crippen LogP contribution in [0.2, 0.25) is 0 Å². The first-order valence-electron chi connectivity index (χ1n) is 6.81. The molecule has 1 aromatic rings. The minimum Gasteiger partial charge on any atom is -0.396 e. The molecule has 1 aliphatic rings. The molecule has 110 valence electrons. The molecular formula is C13H22N6O. The van der Waals surface area contributed by atoms with Gasteiger partial charge in [-0.1, -0.05) is 0 Å². The summed E-state index contributed by atoms with van der Waals surface area (Å²) in [7, 11) is 0. The first kappa shape index (κ1) is 14.4. The number of anilines is 3. The van der Waals surface area contributed by atoms with Crippen molar-refractivity contribution in [2.75, 3.05) is 42.1 Å². The van der Waals surface area contributed by atoms with Gasteiger partial charge >= 0.3 is 0 Å². The zero-order valence-electron chi connectivity index (χ0n) is 11.7. The number of nitrogens with two attached hydrogens (primary N) is 2. The second-order valence-corrected chi connectivity index (χ2v) is 5.01. The second-order valence-electron chi connectivity index (χ2n) is 5.01. The maximum Gasteiger partial charge on any atom is 0.216 e. The Morgan fingerprint density at radius 1 is 1.50 bits per heavy atom. The Kier molecular flexibility index (Phi) is 4.62. The Morgan fingerprint density at radius 3 is 2.95 bits per heavy atom. The van der Waals surface area contributed by atoms with E-state index in [1.165, 1.54) is 6.92 Å². The number of pyridine rings is 1. The molecule has 1 saturated heterocycles. The first-order chi connectivity index (χ1) is 9.56.